The molecule has 2 aromatic rings. The lowest BCUT2D eigenvalue weighted by molar-refractivity contribution is 0.466. The lowest BCUT2D eigenvalue weighted by atomic mass is 10.1. The van der Waals surface area contributed by atoms with Gasteiger partial charge in [0.1, 0.15) is 11.6 Å². The fraction of sp³-hybridized carbons (Fsp3) is 0.200. The van der Waals surface area contributed by atoms with Crippen LogP contribution in [0, 0.1) is 19.7 Å². The molecule has 0 aromatic heterocycles. The Bertz CT molecular complexity index is 614. The van der Waals surface area contributed by atoms with Gasteiger partial charge >= 0.3 is 0 Å². The molecule has 0 aliphatic rings. The van der Waals surface area contributed by atoms with Crippen LogP contribution in [0.1, 0.15) is 16.7 Å². The smallest absolute Gasteiger partial charge is 0.125 e. The van der Waals surface area contributed by atoms with Gasteiger partial charge in [0.15, 0.2) is 0 Å². The van der Waals surface area contributed by atoms with Crippen LogP contribution in [0.5, 0.6) is 5.75 Å². The minimum atomic E-state index is -0.385. The van der Waals surface area contributed by atoms with E-state index in [1.807, 2.05) is 26.0 Å². The first-order valence-corrected chi connectivity index (χ1v) is 7.23. The fourth-order valence-electron chi connectivity index (χ4n) is 2.05. The second-order valence-electron chi connectivity index (χ2n) is 4.68. The third-order valence-electron chi connectivity index (χ3n) is 3.03. The monoisotopic (exact) mass is 357 g/mol. The Hall–Kier alpha value is -1.26. The van der Waals surface area contributed by atoms with Gasteiger partial charge in [0.2, 0.25) is 0 Å². The molecule has 0 aliphatic carbocycles. The van der Waals surface area contributed by atoms with Crippen molar-refractivity contribution >= 4 is 33.2 Å². The van der Waals surface area contributed by atoms with Gasteiger partial charge in [-0.05, 0) is 58.6 Å². The number of rotatable bonds is 3. The van der Waals surface area contributed by atoms with Crippen LogP contribution in [-0.2, 0) is 6.54 Å². The van der Waals surface area contributed by atoms with Crippen LogP contribution >= 0.6 is 27.5 Å². The predicted molar refractivity (Wildman–Crippen MR) is 84.0 cm³/mol. The summed E-state index contributed by atoms with van der Waals surface area (Å²) in [7, 11) is 0. The summed E-state index contributed by atoms with van der Waals surface area (Å²) in [5.41, 5.74) is 3.32. The van der Waals surface area contributed by atoms with Gasteiger partial charge in [-0.2, -0.15) is 0 Å². The third kappa shape index (κ3) is 3.25. The molecule has 0 atom stereocenters. The minimum absolute atomic E-state index is 0.315. The molecule has 2 N–H and O–H groups in total. The van der Waals surface area contributed by atoms with E-state index in [1.54, 1.807) is 0 Å². The summed E-state index contributed by atoms with van der Waals surface area (Å²) in [6.07, 6.45) is 0. The van der Waals surface area contributed by atoms with Crippen molar-refractivity contribution in [1.29, 1.82) is 0 Å². The van der Waals surface area contributed by atoms with Crippen LogP contribution in [0.3, 0.4) is 0 Å². The molecule has 0 spiro atoms. The van der Waals surface area contributed by atoms with Crippen molar-refractivity contribution in [2.24, 2.45) is 0 Å². The summed E-state index contributed by atoms with van der Waals surface area (Å²) in [5.74, 6) is -0.0708. The molecule has 0 amide bonds. The SMILES string of the molecule is Cc1cc(CNc2c(Cl)cc(F)cc2Br)cc(C)c1O. The number of benzene rings is 2. The molecule has 0 radical (unpaired) electrons. The van der Waals surface area contributed by atoms with Gasteiger partial charge in [0, 0.05) is 11.0 Å². The zero-order valence-electron chi connectivity index (χ0n) is 11.1. The topological polar surface area (TPSA) is 32.3 Å². The summed E-state index contributed by atoms with van der Waals surface area (Å²) in [6.45, 7) is 4.24. The van der Waals surface area contributed by atoms with Gasteiger partial charge in [-0.15, -0.1) is 0 Å². The second kappa shape index (κ2) is 6.02. The molecule has 106 valence electrons. The molecular weight excluding hydrogens is 345 g/mol. The van der Waals surface area contributed by atoms with E-state index in [4.69, 9.17) is 11.6 Å². The summed E-state index contributed by atoms with van der Waals surface area (Å²) < 4.78 is 13.7. The molecule has 0 unspecified atom stereocenters. The Morgan fingerprint density at radius 3 is 2.35 bits per heavy atom. The van der Waals surface area contributed by atoms with Gasteiger partial charge in [0.25, 0.3) is 0 Å². The molecule has 0 heterocycles. The molecule has 2 aromatic carbocycles. The van der Waals surface area contributed by atoms with Crippen LogP contribution in [-0.4, -0.2) is 5.11 Å². The van der Waals surface area contributed by atoms with E-state index < -0.39 is 0 Å². The lowest BCUT2D eigenvalue weighted by Gasteiger charge is -2.13. The van der Waals surface area contributed by atoms with E-state index in [2.05, 4.69) is 21.2 Å². The average Bonchev–Trinajstić information content (AvgIpc) is 2.34. The van der Waals surface area contributed by atoms with Crippen LogP contribution in [0.15, 0.2) is 28.7 Å². The average molecular weight is 359 g/mol. The summed E-state index contributed by atoms with van der Waals surface area (Å²) >= 11 is 9.30. The van der Waals surface area contributed by atoms with Crippen LogP contribution in [0.25, 0.3) is 0 Å². The van der Waals surface area contributed by atoms with Gasteiger partial charge in [-0.3, -0.25) is 0 Å². The first-order valence-electron chi connectivity index (χ1n) is 6.06. The number of aromatic hydroxyl groups is 1. The number of nitrogens with one attached hydrogen (secondary N) is 1. The first kappa shape index (κ1) is 15.1. The number of aryl methyl sites for hydroxylation is 2. The Labute approximate surface area is 130 Å². The number of phenolic OH excluding ortho intramolecular Hbond substituents is 1. The highest BCUT2D eigenvalue weighted by atomic mass is 79.9. The van der Waals surface area contributed by atoms with Crippen molar-refractivity contribution in [3.05, 3.63) is 56.3 Å². The largest absolute Gasteiger partial charge is 0.507 e. The van der Waals surface area contributed by atoms with E-state index in [0.29, 0.717) is 27.5 Å². The molecule has 0 saturated heterocycles. The minimum Gasteiger partial charge on any atom is -0.507 e. The van der Waals surface area contributed by atoms with Crippen molar-refractivity contribution < 1.29 is 9.50 Å². The maximum Gasteiger partial charge on any atom is 0.125 e. The second-order valence-corrected chi connectivity index (χ2v) is 5.94. The Morgan fingerprint density at radius 2 is 1.80 bits per heavy atom. The highest BCUT2D eigenvalue weighted by Gasteiger charge is 2.09. The molecule has 2 rings (SSSR count). The Morgan fingerprint density at radius 1 is 1.20 bits per heavy atom. The standard InChI is InChI=1S/C15H14BrClFNO/c1-8-3-10(4-9(2)15(8)20)7-19-14-12(16)5-11(18)6-13(14)17/h3-6,19-20H,7H2,1-2H3. The van der Waals surface area contributed by atoms with Crippen molar-refractivity contribution in [2.75, 3.05) is 5.32 Å². The number of phenols is 1. The highest BCUT2D eigenvalue weighted by Crippen LogP contribution is 2.32. The van der Waals surface area contributed by atoms with E-state index in [1.165, 1.54) is 12.1 Å². The fourth-order valence-corrected chi connectivity index (χ4v) is 3.01. The van der Waals surface area contributed by atoms with Crippen LogP contribution in [0.4, 0.5) is 10.1 Å². The first-order chi connectivity index (χ1) is 9.38. The normalized spacial score (nSPS) is 10.7. The van der Waals surface area contributed by atoms with E-state index >= 15 is 0 Å². The van der Waals surface area contributed by atoms with Crippen molar-refractivity contribution in [2.45, 2.75) is 20.4 Å². The number of anilines is 1. The molecule has 0 aliphatic heterocycles. The molecule has 0 bridgehead atoms. The number of hydrogen-bond donors (Lipinski definition) is 2. The van der Waals surface area contributed by atoms with Crippen molar-refractivity contribution in [3.63, 3.8) is 0 Å². The van der Waals surface area contributed by atoms with Gasteiger partial charge in [-0.1, -0.05) is 23.7 Å². The van der Waals surface area contributed by atoms with Gasteiger partial charge < -0.3 is 10.4 Å². The zero-order valence-corrected chi connectivity index (χ0v) is 13.4. The van der Waals surface area contributed by atoms with Gasteiger partial charge in [-0.25, -0.2) is 4.39 Å². The van der Waals surface area contributed by atoms with Crippen molar-refractivity contribution in [3.8, 4) is 5.75 Å². The Balaban J connectivity index is 2.21. The third-order valence-corrected chi connectivity index (χ3v) is 3.95. The van der Waals surface area contributed by atoms with E-state index in [0.717, 1.165) is 16.7 Å². The Kier molecular flexibility index (Phi) is 4.55. The number of hydrogen-bond acceptors (Lipinski definition) is 2. The summed E-state index contributed by atoms with van der Waals surface area (Å²) in [4.78, 5) is 0. The molecule has 2 nitrogen and oxygen atoms in total. The lowest BCUT2D eigenvalue weighted by Crippen LogP contribution is -2.02. The van der Waals surface area contributed by atoms with E-state index in [-0.39, 0.29) is 5.82 Å². The van der Waals surface area contributed by atoms with E-state index in [9.17, 15) is 9.50 Å². The quantitative estimate of drug-likeness (QED) is 0.792. The maximum atomic E-state index is 13.2. The van der Waals surface area contributed by atoms with Crippen molar-refractivity contribution in [1.82, 2.24) is 0 Å². The molecule has 0 fully saturated rings. The molecule has 0 saturated carbocycles. The summed E-state index contributed by atoms with van der Waals surface area (Å²) in [6, 6.07) is 6.44. The summed E-state index contributed by atoms with van der Waals surface area (Å²) in [5, 5.41) is 13.2. The zero-order chi connectivity index (χ0) is 14.9. The molecule has 20 heavy (non-hydrogen) atoms. The molecular formula is C15H14BrClFNO. The van der Waals surface area contributed by atoms with Crippen LogP contribution < -0.4 is 5.32 Å². The van der Waals surface area contributed by atoms with Gasteiger partial charge in [0.05, 0.1) is 10.7 Å². The number of halogens is 3. The molecule has 5 heteroatoms. The highest BCUT2D eigenvalue weighted by molar-refractivity contribution is 9.10. The van der Waals surface area contributed by atoms with Crippen LogP contribution in [0.2, 0.25) is 5.02 Å². The maximum absolute atomic E-state index is 13.2. The predicted octanol–water partition coefficient (Wildman–Crippen LogP) is 5.18.